The van der Waals surface area contributed by atoms with Crippen LogP contribution in [-0.4, -0.2) is 42.9 Å². The highest BCUT2D eigenvalue weighted by Gasteiger charge is 2.19. The number of unbranched alkanes of at least 4 members (excludes halogenated alkanes) is 4. The zero-order valence-electron chi connectivity index (χ0n) is 17.0. The van der Waals surface area contributed by atoms with Crippen molar-refractivity contribution in [2.45, 2.75) is 82.9 Å². The van der Waals surface area contributed by atoms with Gasteiger partial charge in [0.1, 0.15) is 0 Å². The predicted molar refractivity (Wildman–Crippen MR) is 111 cm³/mol. The van der Waals surface area contributed by atoms with Crippen LogP contribution in [0.3, 0.4) is 0 Å². The Kier molecular flexibility index (Phi) is 12.8. The molecule has 4 N–H and O–H groups in total. The summed E-state index contributed by atoms with van der Waals surface area (Å²) < 4.78 is 5.23. The van der Waals surface area contributed by atoms with Gasteiger partial charge in [-0.15, -0.1) is 0 Å². The smallest absolute Gasteiger partial charge is 0.237 e. The van der Waals surface area contributed by atoms with Crippen molar-refractivity contribution in [1.29, 1.82) is 0 Å². The van der Waals surface area contributed by atoms with Crippen LogP contribution in [0.5, 0.6) is 0 Å². The molecule has 0 aromatic heterocycles. The molecule has 27 heavy (non-hydrogen) atoms. The average Bonchev–Trinajstić information content (AvgIpc) is 2.66. The average molecular weight is 379 g/mol. The Labute approximate surface area is 164 Å². The molecule has 0 heterocycles. The van der Waals surface area contributed by atoms with Crippen molar-refractivity contribution >= 4 is 5.91 Å². The fourth-order valence-electron chi connectivity index (χ4n) is 3.19. The van der Waals surface area contributed by atoms with Gasteiger partial charge in [-0.1, -0.05) is 69.4 Å². The van der Waals surface area contributed by atoms with Crippen molar-refractivity contribution in [3.8, 4) is 0 Å². The number of nitrogens with one attached hydrogen (secondary N) is 1. The SMILES string of the molecule is CCCCCCCC(O)CCC(N)C(=O)N[C@H](COC)Cc1ccccc1. The maximum absolute atomic E-state index is 12.4. The lowest BCUT2D eigenvalue weighted by atomic mass is 10.0. The van der Waals surface area contributed by atoms with Gasteiger partial charge >= 0.3 is 0 Å². The van der Waals surface area contributed by atoms with Crippen LogP contribution in [0.2, 0.25) is 0 Å². The number of aliphatic hydroxyl groups is 1. The molecule has 1 rings (SSSR count). The van der Waals surface area contributed by atoms with Crippen molar-refractivity contribution in [1.82, 2.24) is 5.32 Å². The minimum absolute atomic E-state index is 0.112. The zero-order chi connectivity index (χ0) is 19.9. The first-order valence-electron chi connectivity index (χ1n) is 10.3. The number of hydrogen-bond donors (Lipinski definition) is 3. The highest BCUT2D eigenvalue weighted by atomic mass is 16.5. The Balaban J connectivity index is 2.31. The summed E-state index contributed by atoms with van der Waals surface area (Å²) in [5, 5.41) is 13.1. The Morgan fingerprint density at radius 2 is 1.81 bits per heavy atom. The van der Waals surface area contributed by atoms with E-state index in [0.717, 1.165) is 24.8 Å². The van der Waals surface area contributed by atoms with Crippen LogP contribution in [0.15, 0.2) is 30.3 Å². The van der Waals surface area contributed by atoms with Crippen molar-refractivity contribution < 1.29 is 14.6 Å². The first-order valence-corrected chi connectivity index (χ1v) is 10.3. The van der Waals surface area contributed by atoms with Crippen LogP contribution in [0.4, 0.5) is 0 Å². The molecule has 3 atom stereocenters. The van der Waals surface area contributed by atoms with Gasteiger partial charge in [0.15, 0.2) is 0 Å². The predicted octanol–water partition coefficient (Wildman–Crippen LogP) is 3.19. The number of carbonyl (C=O) groups is 1. The lowest BCUT2D eigenvalue weighted by Gasteiger charge is -2.21. The molecule has 5 heteroatoms. The number of rotatable bonds is 15. The topological polar surface area (TPSA) is 84.6 Å². The quantitative estimate of drug-likeness (QED) is 0.409. The molecule has 1 aromatic carbocycles. The summed E-state index contributed by atoms with van der Waals surface area (Å²) >= 11 is 0. The molecule has 0 saturated carbocycles. The molecular formula is C22H38N2O3. The molecular weight excluding hydrogens is 340 g/mol. The van der Waals surface area contributed by atoms with Gasteiger partial charge in [-0.2, -0.15) is 0 Å². The standard InChI is InChI=1S/C22H38N2O3/c1-3-4-5-6-10-13-20(25)14-15-21(23)22(26)24-19(17-27-2)16-18-11-8-7-9-12-18/h7-9,11-12,19-21,25H,3-6,10,13-17,23H2,1-2H3,(H,24,26)/t19-,20?,21?/m0/s1. The molecule has 0 bridgehead atoms. The number of methoxy groups -OCH3 is 1. The molecule has 1 amide bonds. The number of hydrogen-bond acceptors (Lipinski definition) is 4. The second-order valence-electron chi connectivity index (χ2n) is 7.39. The molecule has 0 aliphatic rings. The van der Waals surface area contributed by atoms with E-state index < -0.39 is 6.04 Å². The number of nitrogens with two attached hydrogens (primary N) is 1. The van der Waals surface area contributed by atoms with Crippen molar-refractivity contribution in [2.24, 2.45) is 5.73 Å². The van der Waals surface area contributed by atoms with Gasteiger partial charge in [0.2, 0.25) is 5.91 Å². The summed E-state index contributed by atoms with van der Waals surface area (Å²) in [5.41, 5.74) is 7.18. The summed E-state index contributed by atoms with van der Waals surface area (Å²) in [6.07, 6.45) is 8.09. The second-order valence-corrected chi connectivity index (χ2v) is 7.39. The molecule has 0 aliphatic carbocycles. The maximum atomic E-state index is 12.4. The third kappa shape index (κ3) is 11.1. The van der Waals surface area contributed by atoms with E-state index in [9.17, 15) is 9.90 Å². The number of benzene rings is 1. The maximum Gasteiger partial charge on any atom is 0.237 e. The minimum atomic E-state index is -0.602. The van der Waals surface area contributed by atoms with E-state index in [0.29, 0.717) is 25.9 Å². The Hall–Kier alpha value is -1.43. The highest BCUT2D eigenvalue weighted by molar-refractivity contribution is 5.81. The Bertz CT molecular complexity index is 496. The first-order chi connectivity index (χ1) is 13.1. The van der Waals surface area contributed by atoms with Gasteiger partial charge in [0.05, 0.1) is 24.8 Å². The first kappa shape index (κ1) is 23.6. The number of amides is 1. The van der Waals surface area contributed by atoms with Crippen LogP contribution in [0.1, 0.15) is 63.9 Å². The molecule has 1 aromatic rings. The highest BCUT2D eigenvalue weighted by Crippen LogP contribution is 2.11. The molecule has 0 radical (unpaired) electrons. The second kappa shape index (κ2) is 14.6. The van der Waals surface area contributed by atoms with E-state index in [-0.39, 0.29) is 18.1 Å². The summed E-state index contributed by atoms with van der Waals surface area (Å²) in [6, 6.07) is 9.29. The Morgan fingerprint density at radius 1 is 1.11 bits per heavy atom. The van der Waals surface area contributed by atoms with E-state index in [4.69, 9.17) is 10.5 Å². The molecule has 5 nitrogen and oxygen atoms in total. The van der Waals surface area contributed by atoms with Crippen LogP contribution in [-0.2, 0) is 16.0 Å². The molecule has 154 valence electrons. The molecule has 2 unspecified atom stereocenters. The summed E-state index contributed by atoms with van der Waals surface area (Å²) in [5.74, 6) is -0.178. The van der Waals surface area contributed by atoms with E-state index in [1.54, 1.807) is 7.11 Å². The summed E-state index contributed by atoms with van der Waals surface area (Å²) in [4.78, 5) is 12.4. The lowest BCUT2D eigenvalue weighted by Crippen LogP contribution is -2.48. The summed E-state index contributed by atoms with van der Waals surface area (Å²) in [6.45, 7) is 2.63. The Morgan fingerprint density at radius 3 is 2.48 bits per heavy atom. The monoisotopic (exact) mass is 378 g/mol. The number of aliphatic hydroxyl groups excluding tert-OH is 1. The van der Waals surface area contributed by atoms with Crippen LogP contribution in [0, 0.1) is 0 Å². The fraction of sp³-hybridized carbons (Fsp3) is 0.682. The lowest BCUT2D eigenvalue weighted by molar-refractivity contribution is -0.123. The van der Waals surface area contributed by atoms with E-state index in [2.05, 4.69) is 12.2 Å². The number of carbonyl (C=O) groups excluding carboxylic acids is 1. The van der Waals surface area contributed by atoms with Crippen molar-refractivity contribution in [3.05, 3.63) is 35.9 Å². The van der Waals surface area contributed by atoms with Gasteiger partial charge in [-0.25, -0.2) is 0 Å². The van der Waals surface area contributed by atoms with E-state index >= 15 is 0 Å². The van der Waals surface area contributed by atoms with Gasteiger partial charge in [0, 0.05) is 7.11 Å². The largest absolute Gasteiger partial charge is 0.393 e. The van der Waals surface area contributed by atoms with Gasteiger partial charge in [0.25, 0.3) is 0 Å². The van der Waals surface area contributed by atoms with Crippen molar-refractivity contribution in [3.63, 3.8) is 0 Å². The van der Waals surface area contributed by atoms with Crippen LogP contribution < -0.4 is 11.1 Å². The van der Waals surface area contributed by atoms with Gasteiger partial charge in [-0.3, -0.25) is 4.79 Å². The normalized spacial score (nSPS) is 14.5. The van der Waals surface area contributed by atoms with Gasteiger partial charge in [-0.05, 0) is 31.2 Å². The molecule has 0 saturated heterocycles. The molecule has 0 aliphatic heterocycles. The molecule has 0 fully saturated rings. The van der Waals surface area contributed by atoms with Crippen molar-refractivity contribution in [2.75, 3.05) is 13.7 Å². The number of ether oxygens (including phenoxy) is 1. The third-order valence-corrected chi connectivity index (χ3v) is 4.83. The fourth-order valence-corrected chi connectivity index (χ4v) is 3.19. The van der Waals surface area contributed by atoms with Crippen LogP contribution in [0.25, 0.3) is 0 Å². The third-order valence-electron chi connectivity index (χ3n) is 4.83. The zero-order valence-corrected chi connectivity index (χ0v) is 17.0. The molecule has 0 spiro atoms. The minimum Gasteiger partial charge on any atom is -0.393 e. The summed E-state index contributed by atoms with van der Waals surface area (Å²) in [7, 11) is 1.63. The van der Waals surface area contributed by atoms with Gasteiger partial charge < -0.3 is 20.9 Å². The van der Waals surface area contributed by atoms with E-state index in [1.165, 1.54) is 19.3 Å². The van der Waals surface area contributed by atoms with E-state index in [1.807, 2.05) is 30.3 Å². The van der Waals surface area contributed by atoms with Crippen LogP contribution >= 0.6 is 0 Å².